The normalized spacial score (nSPS) is 28.1. The molecule has 4 nitrogen and oxygen atoms in total. The summed E-state index contributed by atoms with van der Waals surface area (Å²) in [6, 6.07) is 6.19. The van der Waals surface area contributed by atoms with Crippen LogP contribution in [0.15, 0.2) is 30.0 Å². The summed E-state index contributed by atoms with van der Waals surface area (Å²) in [4.78, 5) is 2.26. The number of allylic oxidation sites excluding steroid dienone is 1. The molecular formula is C17H23NO3. The van der Waals surface area contributed by atoms with Crippen molar-refractivity contribution in [2.45, 2.75) is 30.8 Å². The summed E-state index contributed by atoms with van der Waals surface area (Å²) in [5.41, 5.74) is 2.50. The average Bonchev–Trinajstić information content (AvgIpc) is 2.85. The predicted octanol–water partition coefficient (Wildman–Crippen LogP) is 2.32. The highest BCUT2D eigenvalue weighted by molar-refractivity contribution is 5.49. The van der Waals surface area contributed by atoms with E-state index in [0.29, 0.717) is 0 Å². The standard InChI is InChI=1S/C17H23NO3/c1-18-9-8-17(7-6-13(19)11-16(17)18)12-4-5-14(20-2)15(10-12)21-3/h4-5,10-11,13,19H,6-9H2,1-3H3. The lowest BCUT2D eigenvalue weighted by Gasteiger charge is -2.37. The number of hydrogen-bond acceptors (Lipinski definition) is 4. The molecule has 0 amide bonds. The van der Waals surface area contributed by atoms with Gasteiger partial charge in [0, 0.05) is 24.7 Å². The van der Waals surface area contributed by atoms with E-state index in [1.54, 1.807) is 14.2 Å². The molecule has 114 valence electrons. The van der Waals surface area contributed by atoms with Crippen molar-refractivity contribution in [3.8, 4) is 11.5 Å². The smallest absolute Gasteiger partial charge is 0.161 e. The third-order valence-corrected chi connectivity index (χ3v) is 4.93. The van der Waals surface area contributed by atoms with Crippen LogP contribution in [-0.4, -0.2) is 43.9 Å². The van der Waals surface area contributed by atoms with Crippen LogP contribution >= 0.6 is 0 Å². The van der Waals surface area contributed by atoms with Gasteiger partial charge in [-0.25, -0.2) is 0 Å². The van der Waals surface area contributed by atoms with Crippen molar-refractivity contribution in [3.05, 3.63) is 35.5 Å². The lowest BCUT2D eigenvalue weighted by atomic mass is 9.70. The van der Waals surface area contributed by atoms with E-state index < -0.39 is 0 Å². The first-order chi connectivity index (χ1) is 10.1. The second-order valence-corrected chi connectivity index (χ2v) is 5.98. The zero-order valence-electron chi connectivity index (χ0n) is 12.9. The Hall–Kier alpha value is -1.68. The van der Waals surface area contributed by atoms with E-state index in [-0.39, 0.29) is 11.5 Å². The molecule has 4 heteroatoms. The van der Waals surface area contributed by atoms with Gasteiger partial charge >= 0.3 is 0 Å². The van der Waals surface area contributed by atoms with Crippen molar-refractivity contribution in [2.75, 3.05) is 27.8 Å². The minimum atomic E-state index is -0.325. The van der Waals surface area contributed by atoms with Crippen LogP contribution < -0.4 is 9.47 Å². The minimum absolute atomic E-state index is 0.00747. The molecule has 1 fully saturated rings. The summed E-state index contributed by atoms with van der Waals surface area (Å²) >= 11 is 0. The minimum Gasteiger partial charge on any atom is -0.493 e. The Bertz CT molecular complexity index is 569. The molecule has 1 saturated heterocycles. The van der Waals surface area contributed by atoms with Crippen LogP contribution in [0.1, 0.15) is 24.8 Å². The molecule has 1 aromatic rings. The number of nitrogens with zero attached hydrogens (tertiary/aromatic N) is 1. The maximum absolute atomic E-state index is 9.97. The van der Waals surface area contributed by atoms with Crippen LogP contribution in [0.25, 0.3) is 0 Å². The summed E-state index contributed by atoms with van der Waals surface area (Å²) in [6.07, 6.45) is 4.56. The SMILES string of the molecule is COc1ccc(C23CCC(O)C=C2N(C)CC3)cc1OC. The number of likely N-dealkylation sites (tertiary alicyclic amines) is 1. The molecule has 1 aliphatic heterocycles. The number of aliphatic hydroxyl groups is 1. The van der Waals surface area contributed by atoms with Crippen LogP contribution in [0.4, 0.5) is 0 Å². The molecule has 0 radical (unpaired) electrons. The second-order valence-electron chi connectivity index (χ2n) is 5.98. The fraction of sp³-hybridized carbons (Fsp3) is 0.529. The van der Waals surface area contributed by atoms with Gasteiger partial charge in [0.05, 0.1) is 20.3 Å². The van der Waals surface area contributed by atoms with Gasteiger partial charge in [0.25, 0.3) is 0 Å². The summed E-state index contributed by atoms with van der Waals surface area (Å²) in [7, 11) is 5.43. The second kappa shape index (κ2) is 5.26. The molecule has 0 aromatic heterocycles. The first kappa shape index (κ1) is 14.3. The summed E-state index contributed by atoms with van der Waals surface area (Å²) in [5, 5.41) is 9.97. The van der Waals surface area contributed by atoms with Crippen LogP contribution in [0.3, 0.4) is 0 Å². The zero-order chi connectivity index (χ0) is 15.0. The van der Waals surface area contributed by atoms with Crippen molar-refractivity contribution in [1.29, 1.82) is 0 Å². The number of rotatable bonds is 3. The van der Waals surface area contributed by atoms with E-state index in [1.165, 1.54) is 11.3 Å². The maximum Gasteiger partial charge on any atom is 0.161 e. The number of ether oxygens (including phenoxy) is 2. The van der Waals surface area contributed by atoms with Crippen molar-refractivity contribution in [1.82, 2.24) is 4.90 Å². The summed E-state index contributed by atoms with van der Waals surface area (Å²) in [6.45, 7) is 1.02. The number of fused-ring (bicyclic) bond motifs is 1. The summed E-state index contributed by atoms with van der Waals surface area (Å²) < 4.78 is 10.8. The van der Waals surface area contributed by atoms with Gasteiger partial charge in [0.15, 0.2) is 11.5 Å². The molecule has 1 aromatic carbocycles. The molecule has 0 bridgehead atoms. The van der Waals surface area contributed by atoms with Gasteiger partial charge in [0.2, 0.25) is 0 Å². The van der Waals surface area contributed by atoms with Gasteiger partial charge in [-0.05, 0) is 43.0 Å². The van der Waals surface area contributed by atoms with E-state index in [1.807, 2.05) is 12.1 Å². The molecule has 1 N–H and O–H groups in total. The van der Waals surface area contributed by atoms with Gasteiger partial charge in [-0.15, -0.1) is 0 Å². The van der Waals surface area contributed by atoms with Crippen molar-refractivity contribution >= 4 is 0 Å². The lowest BCUT2D eigenvalue weighted by molar-refractivity contribution is 0.181. The van der Waals surface area contributed by atoms with Crippen molar-refractivity contribution in [3.63, 3.8) is 0 Å². The zero-order valence-corrected chi connectivity index (χ0v) is 12.9. The largest absolute Gasteiger partial charge is 0.493 e. The first-order valence-corrected chi connectivity index (χ1v) is 7.45. The number of methoxy groups -OCH3 is 2. The highest BCUT2D eigenvalue weighted by Crippen LogP contribution is 2.50. The monoisotopic (exact) mass is 289 g/mol. The van der Waals surface area contributed by atoms with E-state index >= 15 is 0 Å². The molecule has 2 unspecified atom stereocenters. The Morgan fingerprint density at radius 2 is 1.95 bits per heavy atom. The fourth-order valence-corrected chi connectivity index (χ4v) is 3.74. The Labute approximate surface area is 126 Å². The number of likely N-dealkylation sites (N-methyl/N-ethyl adjacent to an activating group) is 1. The molecule has 21 heavy (non-hydrogen) atoms. The van der Waals surface area contributed by atoms with Gasteiger partial charge in [-0.2, -0.15) is 0 Å². The molecule has 3 rings (SSSR count). The highest BCUT2D eigenvalue weighted by atomic mass is 16.5. The Morgan fingerprint density at radius 1 is 1.19 bits per heavy atom. The maximum atomic E-state index is 9.97. The van der Waals surface area contributed by atoms with E-state index in [0.717, 1.165) is 37.3 Å². The predicted molar refractivity (Wildman–Crippen MR) is 81.8 cm³/mol. The number of hydrogen-bond donors (Lipinski definition) is 1. The molecule has 0 spiro atoms. The Morgan fingerprint density at radius 3 is 2.67 bits per heavy atom. The highest BCUT2D eigenvalue weighted by Gasteiger charge is 2.45. The average molecular weight is 289 g/mol. The van der Waals surface area contributed by atoms with Crippen LogP contribution in [0, 0.1) is 0 Å². The van der Waals surface area contributed by atoms with E-state index in [2.05, 4.69) is 24.1 Å². The van der Waals surface area contributed by atoms with Crippen LogP contribution in [0.5, 0.6) is 11.5 Å². The fourth-order valence-electron chi connectivity index (χ4n) is 3.74. The molecule has 2 aliphatic rings. The first-order valence-electron chi connectivity index (χ1n) is 7.45. The summed E-state index contributed by atoms with van der Waals surface area (Å²) in [5.74, 6) is 1.52. The topological polar surface area (TPSA) is 41.9 Å². The third-order valence-electron chi connectivity index (χ3n) is 4.93. The van der Waals surface area contributed by atoms with Gasteiger partial charge in [0.1, 0.15) is 0 Å². The van der Waals surface area contributed by atoms with Crippen molar-refractivity contribution < 1.29 is 14.6 Å². The lowest BCUT2D eigenvalue weighted by Crippen LogP contribution is -2.33. The van der Waals surface area contributed by atoms with E-state index in [4.69, 9.17) is 9.47 Å². The van der Waals surface area contributed by atoms with Crippen molar-refractivity contribution in [2.24, 2.45) is 0 Å². The van der Waals surface area contributed by atoms with Crippen LogP contribution in [-0.2, 0) is 5.41 Å². The molecule has 2 atom stereocenters. The van der Waals surface area contributed by atoms with E-state index in [9.17, 15) is 5.11 Å². The number of benzene rings is 1. The van der Waals surface area contributed by atoms with Crippen LogP contribution in [0.2, 0.25) is 0 Å². The molecular weight excluding hydrogens is 266 g/mol. The quantitative estimate of drug-likeness (QED) is 0.927. The number of aliphatic hydroxyl groups excluding tert-OH is 1. The Kier molecular flexibility index (Phi) is 3.57. The van der Waals surface area contributed by atoms with Gasteiger partial charge in [-0.3, -0.25) is 0 Å². The molecule has 1 aliphatic carbocycles. The third kappa shape index (κ3) is 2.18. The Balaban J connectivity index is 2.08. The molecule has 0 saturated carbocycles. The molecule has 1 heterocycles. The van der Waals surface area contributed by atoms with Gasteiger partial charge in [-0.1, -0.05) is 6.07 Å². The van der Waals surface area contributed by atoms with Gasteiger partial charge < -0.3 is 19.5 Å².